The zero-order valence-corrected chi connectivity index (χ0v) is 40.1. The number of carbonyl (C=O) groups excluding carboxylic acids is 4. The number of carbonyl (C=O) groups is 4. The predicted octanol–water partition coefficient (Wildman–Crippen LogP) is 7.24. The standard InChI is InChI=1S/C47H68N2O13Si/c1-24-14-17-34(60-35-22-45(9,49(56)57)39(28(5)59-35)48-43(55)58-11)25(2)19-32-33(51)20-29(23-50)21-47(32)41(53)36(42(54)61-47)40(52)46(10)31(24)16-15-30-37(46)26(3)18-27(4)38(30)62-63(12,13)44(6,7)8/h14-16,19-20,23,26-28,30-35,37-39,51-52H,17-18,21-22H2,1-13H3,(H,48,55)/b24-14+,25-19-,40-36+/t26-,27-,28-,30-,31-,32+,33-,34-,35-,37+,38-,39?,45?,46+,47-/m0/s1. The molecule has 2 aliphatic heterocycles. The van der Waals surface area contributed by atoms with Gasteiger partial charge in [-0.3, -0.25) is 19.7 Å². The number of hydrogen-bond acceptors (Lipinski definition) is 13. The molecule has 63 heavy (non-hydrogen) atoms. The van der Waals surface area contributed by atoms with Crippen molar-refractivity contribution in [1.29, 1.82) is 0 Å². The number of ketones is 1. The number of methoxy groups -OCH3 is 1. The average molecular weight is 897 g/mol. The van der Waals surface area contributed by atoms with Crippen molar-refractivity contribution < 1.29 is 57.7 Å². The smallest absolute Gasteiger partial charge is 0.407 e. The number of Topliss-reactive ketones (excluding diaryl/α,β-unsaturated/α-hetero) is 1. The molecule has 3 N–H and O–H groups in total. The van der Waals surface area contributed by atoms with Crippen LogP contribution in [0.3, 0.4) is 0 Å². The van der Waals surface area contributed by atoms with Gasteiger partial charge in [0.15, 0.2) is 20.2 Å². The minimum absolute atomic E-state index is 0.00196. The van der Waals surface area contributed by atoms with Crippen molar-refractivity contribution in [3.8, 4) is 0 Å². The van der Waals surface area contributed by atoms with Gasteiger partial charge in [-0.15, -0.1) is 0 Å². The number of fused-ring (bicyclic) bond motifs is 4. The molecule has 3 fully saturated rings. The minimum atomic E-state index is -2.32. The molecule has 1 spiro atoms. The van der Waals surface area contributed by atoms with Crippen LogP contribution in [0.15, 0.2) is 58.4 Å². The lowest BCUT2D eigenvalue weighted by molar-refractivity contribution is -0.584. The quantitative estimate of drug-likeness (QED) is 0.0439. The fraction of sp³-hybridized carbons (Fsp3) is 0.702. The Bertz CT molecular complexity index is 2050. The van der Waals surface area contributed by atoms with Gasteiger partial charge >= 0.3 is 12.1 Å². The summed E-state index contributed by atoms with van der Waals surface area (Å²) < 4.78 is 31.0. The first-order valence-corrected chi connectivity index (χ1v) is 25.2. The van der Waals surface area contributed by atoms with Gasteiger partial charge in [0.2, 0.25) is 11.3 Å². The Balaban J connectivity index is 1.52. The van der Waals surface area contributed by atoms with E-state index >= 15 is 4.79 Å². The molecule has 0 aromatic heterocycles. The summed E-state index contributed by atoms with van der Waals surface area (Å²) in [7, 11) is -1.15. The van der Waals surface area contributed by atoms with Crippen LogP contribution in [0.4, 0.5) is 4.79 Å². The molecule has 0 aromatic rings. The summed E-state index contributed by atoms with van der Waals surface area (Å²) in [5, 5.41) is 39.8. The van der Waals surface area contributed by atoms with Gasteiger partial charge in [0.1, 0.15) is 23.7 Å². The van der Waals surface area contributed by atoms with Crippen LogP contribution in [0.25, 0.3) is 0 Å². The number of aliphatic hydroxyl groups is 2. The molecule has 0 radical (unpaired) electrons. The fourth-order valence-corrected chi connectivity index (χ4v) is 12.9. The Hall–Kier alpha value is -3.96. The number of aliphatic hydroxyl groups excluding tert-OH is 2. The van der Waals surface area contributed by atoms with Gasteiger partial charge in [-0.2, -0.15) is 0 Å². The predicted molar refractivity (Wildman–Crippen MR) is 235 cm³/mol. The van der Waals surface area contributed by atoms with Gasteiger partial charge in [-0.05, 0) is 86.7 Å². The van der Waals surface area contributed by atoms with Crippen LogP contribution in [0.5, 0.6) is 0 Å². The van der Waals surface area contributed by atoms with Crippen LogP contribution >= 0.6 is 0 Å². The first-order valence-electron chi connectivity index (χ1n) is 22.2. The number of alkyl carbamates (subject to hydrolysis) is 1. The fourth-order valence-electron chi connectivity index (χ4n) is 11.5. The van der Waals surface area contributed by atoms with Crippen molar-refractivity contribution in [3.63, 3.8) is 0 Å². The molecule has 2 unspecified atom stereocenters. The second kappa shape index (κ2) is 17.1. The Morgan fingerprint density at radius 2 is 1.75 bits per heavy atom. The largest absolute Gasteiger partial charge is 0.511 e. The molecule has 1 amide bonds. The van der Waals surface area contributed by atoms with Crippen LogP contribution < -0.4 is 5.32 Å². The van der Waals surface area contributed by atoms with Crippen molar-refractivity contribution in [2.45, 2.75) is 161 Å². The molecule has 348 valence electrons. The summed E-state index contributed by atoms with van der Waals surface area (Å²) in [4.78, 5) is 66.4. The molecule has 6 rings (SSSR count). The zero-order chi connectivity index (χ0) is 46.9. The van der Waals surface area contributed by atoms with E-state index in [1.54, 1.807) is 19.9 Å². The van der Waals surface area contributed by atoms with E-state index in [0.717, 1.165) is 19.1 Å². The first kappa shape index (κ1) is 48.5. The monoisotopic (exact) mass is 896 g/mol. The molecular weight excluding hydrogens is 829 g/mol. The zero-order valence-electron chi connectivity index (χ0n) is 39.1. The molecule has 4 aliphatic carbocycles. The van der Waals surface area contributed by atoms with E-state index in [1.165, 1.54) is 13.0 Å². The number of ether oxygens (including phenoxy) is 4. The van der Waals surface area contributed by atoms with Gasteiger partial charge < -0.3 is 38.9 Å². The number of rotatable bonds is 7. The SMILES string of the molecule is COC(=O)NC1[C@H](C)O[C@@H](O[C@H]2C/C=C(\C)[C@@H]3C=C[C@@H]4[C@@H](O[Si](C)(C)C(C)(C)C)[C@@H](C)C[C@H](C)[C@H]4[C@]3(C)/C(O)=C3\C(=O)O[C@]4(CC(C=O)=C[C@H](O)[C@H]4/C=C\2C)C3=O)CC1(C)[N+](=O)[O-]. The van der Waals surface area contributed by atoms with E-state index in [1.807, 2.05) is 19.9 Å². The van der Waals surface area contributed by atoms with E-state index in [-0.39, 0.29) is 65.4 Å². The van der Waals surface area contributed by atoms with Crippen LogP contribution in [-0.4, -0.2) is 103 Å². The minimum Gasteiger partial charge on any atom is -0.511 e. The van der Waals surface area contributed by atoms with E-state index in [2.05, 4.69) is 65.2 Å². The van der Waals surface area contributed by atoms with Crippen LogP contribution in [-0.2, 0) is 37.8 Å². The summed E-state index contributed by atoms with van der Waals surface area (Å²) in [6.45, 7) is 24.0. The Morgan fingerprint density at radius 1 is 1.08 bits per heavy atom. The van der Waals surface area contributed by atoms with Gasteiger partial charge in [0.25, 0.3) is 0 Å². The molecule has 1 saturated carbocycles. The van der Waals surface area contributed by atoms with Crippen molar-refractivity contribution >= 4 is 32.4 Å². The summed E-state index contributed by atoms with van der Waals surface area (Å²) in [5.74, 6) is -4.34. The summed E-state index contributed by atoms with van der Waals surface area (Å²) in [6.07, 6.45) is 4.62. The van der Waals surface area contributed by atoms with E-state index in [0.29, 0.717) is 11.9 Å². The summed E-state index contributed by atoms with van der Waals surface area (Å²) >= 11 is 0. The first-order chi connectivity index (χ1) is 29.2. The van der Waals surface area contributed by atoms with Gasteiger partial charge in [-0.1, -0.05) is 71.4 Å². The molecule has 6 aliphatic rings. The third kappa shape index (κ3) is 8.20. The number of aldehydes is 1. The van der Waals surface area contributed by atoms with E-state index in [4.69, 9.17) is 23.4 Å². The highest BCUT2D eigenvalue weighted by Crippen LogP contribution is 2.61. The Kier molecular flexibility index (Phi) is 13.2. The lowest BCUT2D eigenvalue weighted by Crippen LogP contribution is -2.65. The van der Waals surface area contributed by atoms with Gasteiger partial charge in [0, 0.05) is 35.5 Å². The number of nitro groups is 1. The highest BCUT2D eigenvalue weighted by atomic mass is 28.4. The third-order valence-corrected chi connectivity index (χ3v) is 20.4. The Morgan fingerprint density at radius 3 is 2.35 bits per heavy atom. The van der Waals surface area contributed by atoms with Crippen LogP contribution in [0.1, 0.15) is 94.9 Å². The molecule has 2 saturated heterocycles. The van der Waals surface area contributed by atoms with Crippen LogP contribution in [0.2, 0.25) is 18.1 Å². The molecule has 2 heterocycles. The van der Waals surface area contributed by atoms with Crippen molar-refractivity contribution in [3.05, 3.63) is 68.5 Å². The van der Waals surface area contributed by atoms with Gasteiger partial charge in [0.05, 0.1) is 43.9 Å². The number of nitrogens with zero attached hydrogens (tertiary/aromatic N) is 1. The van der Waals surface area contributed by atoms with Crippen molar-refractivity contribution in [2.24, 2.45) is 40.9 Å². The maximum absolute atomic E-state index is 15.2. The molecule has 0 aromatic carbocycles. The Labute approximate surface area is 372 Å². The number of nitrogens with one attached hydrogen (secondary N) is 1. The maximum Gasteiger partial charge on any atom is 0.407 e. The second-order valence-electron chi connectivity index (χ2n) is 21.1. The van der Waals surface area contributed by atoms with Crippen molar-refractivity contribution in [1.82, 2.24) is 5.32 Å². The highest BCUT2D eigenvalue weighted by molar-refractivity contribution is 6.74. The van der Waals surface area contributed by atoms with Crippen molar-refractivity contribution in [2.75, 3.05) is 7.11 Å². The molecule has 16 heteroatoms. The second-order valence-corrected chi connectivity index (χ2v) is 25.8. The van der Waals surface area contributed by atoms with Gasteiger partial charge in [-0.25, -0.2) is 9.59 Å². The summed E-state index contributed by atoms with van der Waals surface area (Å²) in [5.41, 5.74) is -4.19. The lowest BCUT2D eigenvalue weighted by Gasteiger charge is -2.57. The third-order valence-electron chi connectivity index (χ3n) is 15.9. The number of hydrogen-bond donors (Lipinski definition) is 3. The molecule has 15 atom stereocenters. The molecule has 15 nitrogen and oxygen atoms in total. The van der Waals surface area contributed by atoms with E-state index in [9.17, 15) is 34.7 Å². The number of amides is 1. The topological polar surface area (TPSA) is 210 Å². The number of esters is 1. The lowest BCUT2D eigenvalue weighted by atomic mass is 9.49. The molecule has 2 bridgehead atoms. The van der Waals surface area contributed by atoms with E-state index < -0.39 is 95.7 Å². The maximum atomic E-state index is 15.2. The van der Waals surface area contributed by atoms with Crippen LogP contribution in [0, 0.1) is 51.0 Å². The number of allylic oxidation sites excluding steroid dienone is 3. The molecular formula is C47H68N2O13Si. The highest BCUT2D eigenvalue weighted by Gasteiger charge is 2.65. The average Bonchev–Trinajstić information content (AvgIpc) is 3.43. The summed E-state index contributed by atoms with van der Waals surface area (Å²) in [6, 6.07) is -1.07. The normalized spacial score (nSPS) is 43.7.